The van der Waals surface area contributed by atoms with Crippen molar-refractivity contribution in [2.24, 2.45) is 0 Å². The summed E-state index contributed by atoms with van der Waals surface area (Å²) in [6, 6.07) is 0. The first kappa shape index (κ1) is 18.8. The van der Waals surface area contributed by atoms with Crippen LogP contribution in [0.25, 0.3) is 0 Å². The number of nitrogens with one attached hydrogen (secondary N) is 1. The molecule has 7 heteroatoms. The van der Waals surface area contributed by atoms with Crippen molar-refractivity contribution in [3.05, 3.63) is 0 Å². The van der Waals surface area contributed by atoms with Crippen molar-refractivity contribution in [3.8, 4) is 0 Å². The molecule has 0 saturated carbocycles. The second-order valence-electron chi connectivity index (χ2n) is 4.45. The van der Waals surface area contributed by atoms with Crippen molar-refractivity contribution < 1.29 is 13.2 Å². The maximum atomic E-state index is 12.1. The van der Waals surface area contributed by atoms with Gasteiger partial charge in [-0.1, -0.05) is 6.92 Å². The molecule has 0 radical (unpaired) electrons. The van der Waals surface area contributed by atoms with Gasteiger partial charge in [-0.3, -0.25) is 0 Å². The van der Waals surface area contributed by atoms with E-state index in [2.05, 4.69) is 12.2 Å². The molecule has 0 aliphatic heterocycles. The van der Waals surface area contributed by atoms with E-state index in [1.54, 1.807) is 14.1 Å². The lowest BCUT2D eigenvalue weighted by molar-refractivity contribution is 0.137. The largest absolute Gasteiger partial charge is 0.380 e. The Balaban J connectivity index is 4.01. The molecule has 0 aliphatic rings. The van der Waals surface area contributed by atoms with Gasteiger partial charge in [-0.25, -0.2) is 0 Å². The minimum Gasteiger partial charge on any atom is -0.380 e. The van der Waals surface area contributed by atoms with Crippen LogP contribution in [0.4, 0.5) is 0 Å². The summed E-state index contributed by atoms with van der Waals surface area (Å²) in [5, 5.41) is 3.26. The predicted molar refractivity (Wildman–Crippen MR) is 78.5 cm³/mol. The molecule has 116 valence electrons. The maximum absolute atomic E-state index is 12.1. The summed E-state index contributed by atoms with van der Waals surface area (Å²) < 4.78 is 32.1. The van der Waals surface area contributed by atoms with Gasteiger partial charge in [0, 0.05) is 33.8 Å². The molecule has 0 amide bonds. The highest BCUT2D eigenvalue weighted by Gasteiger charge is 2.22. The number of rotatable bonds is 12. The molecule has 0 heterocycles. The van der Waals surface area contributed by atoms with E-state index in [-0.39, 0.29) is 0 Å². The zero-order valence-electron chi connectivity index (χ0n) is 12.7. The van der Waals surface area contributed by atoms with E-state index < -0.39 is 10.2 Å². The summed E-state index contributed by atoms with van der Waals surface area (Å²) >= 11 is 0. The predicted octanol–water partition coefficient (Wildman–Crippen LogP) is 0.521. The Morgan fingerprint density at radius 2 is 1.68 bits per heavy atom. The van der Waals surface area contributed by atoms with Crippen LogP contribution in [0, 0.1) is 0 Å². The molecule has 19 heavy (non-hydrogen) atoms. The van der Waals surface area contributed by atoms with Crippen LogP contribution in [-0.4, -0.2) is 70.5 Å². The van der Waals surface area contributed by atoms with Gasteiger partial charge in [0.15, 0.2) is 0 Å². The van der Waals surface area contributed by atoms with Gasteiger partial charge in [0.25, 0.3) is 10.2 Å². The van der Waals surface area contributed by atoms with Crippen molar-refractivity contribution >= 4 is 10.2 Å². The number of likely N-dealkylation sites (N-methyl/N-ethyl adjacent to an activating group) is 1. The Bertz CT molecular complexity index is 309. The molecule has 1 N–H and O–H groups in total. The van der Waals surface area contributed by atoms with Gasteiger partial charge in [-0.15, -0.1) is 0 Å². The highest BCUT2D eigenvalue weighted by atomic mass is 32.2. The van der Waals surface area contributed by atoms with Crippen LogP contribution in [0.2, 0.25) is 0 Å². The molecular weight excluding hydrogens is 266 g/mol. The van der Waals surface area contributed by atoms with E-state index in [0.717, 1.165) is 25.9 Å². The lowest BCUT2D eigenvalue weighted by Gasteiger charge is -2.24. The first-order chi connectivity index (χ1) is 8.96. The molecule has 0 fully saturated rings. The van der Waals surface area contributed by atoms with Gasteiger partial charge < -0.3 is 10.1 Å². The lowest BCUT2D eigenvalue weighted by Crippen LogP contribution is -2.42. The van der Waals surface area contributed by atoms with E-state index in [1.807, 2.05) is 6.92 Å². The molecule has 0 aromatic rings. The molecule has 0 saturated heterocycles. The summed E-state index contributed by atoms with van der Waals surface area (Å²) in [6.07, 6.45) is 1.91. The molecule has 6 nitrogen and oxygen atoms in total. The third kappa shape index (κ3) is 7.84. The van der Waals surface area contributed by atoms with E-state index in [4.69, 9.17) is 4.74 Å². The van der Waals surface area contributed by atoms with Crippen LogP contribution in [0.15, 0.2) is 0 Å². The Morgan fingerprint density at radius 1 is 1.05 bits per heavy atom. The van der Waals surface area contributed by atoms with Crippen molar-refractivity contribution in [1.82, 2.24) is 13.9 Å². The number of nitrogens with zero attached hydrogens (tertiary/aromatic N) is 2. The third-order valence-corrected chi connectivity index (χ3v) is 4.74. The Kier molecular flexibility index (Phi) is 10.4. The van der Waals surface area contributed by atoms with Gasteiger partial charge in [0.2, 0.25) is 0 Å². The lowest BCUT2D eigenvalue weighted by atomic mass is 10.4. The van der Waals surface area contributed by atoms with Crippen molar-refractivity contribution in [1.29, 1.82) is 0 Å². The fraction of sp³-hybridized carbons (Fsp3) is 1.00. The van der Waals surface area contributed by atoms with Crippen LogP contribution in [0.3, 0.4) is 0 Å². The molecular formula is C12H29N3O3S. The molecule has 0 bridgehead atoms. The van der Waals surface area contributed by atoms with Crippen molar-refractivity contribution in [2.75, 3.05) is 53.5 Å². The smallest absolute Gasteiger partial charge is 0.281 e. The third-order valence-electron chi connectivity index (χ3n) is 2.80. The highest BCUT2D eigenvalue weighted by Crippen LogP contribution is 2.04. The van der Waals surface area contributed by atoms with E-state index in [9.17, 15) is 8.42 Å². The second-order valence-corrected chi connectivity index (χ2v) is 6.59. The molecule has 0 aromatic heterocycles. The van der Waals surface area contributed by atoms with Gasteiger partial charge in [0.1, 0.15) is 0 Å². The van der Waals surface area contributed by atoms with Gasteiger partial charge >= 0.3 is 0 Å². The summed E-state index contributed by atoms with van der Waals surface area (Å²) in [6.45, 7) is 7.76. The summed E-state index contributed by atoms with van der Waals surface area (Å²) in [4.78, 5) is 0. The second kappa shape index (κ2) is 10.6. The average molecular weight is 295 g/mol. The molecule has 0 spiro atoms. The summed E-state index contributed by atoms with van der Waals surface area (Å²) in [5.74, 6) is 0. The van der Waals surface area contributed by atoms with Gasteiger partial charge in [-0.05, 0) is 32.9 Å². The topological polar surface area (TPSA) is 61.9 Å². The van der Waals surface area contributed by atoms with Crippen molar-refractivity contribution in [3.63, 3.8) is 0 Å². The molecule has 0 aromatic carbocycles. The summed E-state index contributed by atoms with van der Waals surface area (Å²) in [5.41, 5.74) is 0. The van der Waals surface area contributed by atoms with Gasteiger partial charge in [-0.2, -0.15) is 17.0 Å². The highest BCUT2D eigenvalue weighted by molar-refractivity contribution is 7.86. The van der Waals surface area contributed by atoms with E-state index in [1.165, 1.54) is 8.61 Å². The van der Waals surface area contributed by atoms with Crippen LogP contribution in [0.1, 0.15) is 26.7 Å². The molecule has 0 atom stereocenters. The molecule has 0 aliphatic carbocycles. The zero-order valence-corrected chi connectivity index (χ0v) is 13.5. The normalized spacial score (nSPS) is 12.5. The Morgan fingerprint density at radius 3 is 2.26 bits per heavy atom. The number of hydrogen-bond acceptors (Lipinski definition) is 4. The monoisotopic (exact) mass is 295 g/mol. The minimum atomic E-state index is -3.35. The fourth-order valence-electron chi connectivity index (χ4n) is 1.53. The fourth-order valence-corrected chi connectivity index (χ4v) is 2.68. The van der Waals surface area contributed by atoms with Gasteiger partial charge in [0.05, 0.1) is 6.61 Å². The standard InChI is InChI=1S/C12H29N3O3S/c1-5-8-13-9-7-10-14(3)19(16,17)15(4)11-12-18-6-2/h13H,5-12H2,1-4H3. The van der Waals surface area contributed by atoms with Crippen LogP contribution >= 0.6 is 0 Å². The molecule has 0 unspecified atom stereocenters. The Labute approximate surface area is 118 Å². The minimum absolute atomic E-state index is 0.384. The van der Waals surface area contributed by atoms with Crippen LogP contribution in [0.5, 0.6) is 0 Å². The SMILES string of the molecule is CCCNCCCN(C)S(=O)(=O)N(C)CCOCC. The zero-order chi connectivity index (χ0) is 14.7. The quantitative estimate of drug-likeness (QED) is 0.533. The van der Waals surface area contributed by atoms with E-state index >= 15 is 0 Å². The first-order valence-corrected chi connectivity index (χ1v) is 8.32. The molecule has 0 rings (SSSR count). The Hall–Kier alpha value is -0.210. The number of ether oxygens (including phenoxy) is 1. The first-order valence-electron chi connectivity index (χ1n) is 6.92. The summed E-state index contributed by atoms with van der Waals surface area (Å²) in [7, 11) is -0.152. The van der Waals surface area contributed by atoms with Crippen LogP contribution in [-0.2, 0) is 14.9 Å². The average Bonchev–Trinajstić information content (AvgIpc) is 2.38. The number of hydrogen-bond donors (Lipinski definition) is 1. The maximum Gasteiger partial charge on any atom is 0.281 e. The van der Waals surface area contributed by atoms with E-state index in [0.29, 0.717) is 26.3 Å². The van der Waals surface area contributed by atoms with Crippen molar-refractivity contribution in [2.45, 2.75) is 26.7 Å². The van der Waals surface area contributed by atoms with Crippen LogP contribution < -0.4 is 5.32 Å².